The Morgan fingerprint density at radius 2 is 2.00 bits per heavy atom. The molecule has 0 bridgehead atoms. The molecule has 6 heteroatoms. The van der Waals surface area contributed by atoms with Crippen molar-refractivity contribution in [3.63, 3.8) is 0 Å². The zero-order valence-electron chi connectivity index (χ0n) is 11.7. The summed E-state index contributed by atoms with van der Waals surface area (Å²) < 4.78 is 1.74. The van der Waals surface area contributed by atoms with Gasteiger partial charge in [0.1, 0.15) is 0 Å². The highest BCUT2D eigenvalue weighted by atomic mass is 16.4. The number of aryl methyl sites for hydroxylation is 1. The molecule has 1 saturated carbocycles. The summed E-state index contributed by atoms with van der Waals surface area (Å²) >= 11 is 0. The lowest BCUT2D eigenvalue weighted by Gasteiger charge is -2.25. The van der Waals surface area contributed by atoms with Crippen molar-refractivity contribution >= 4 is 11.9 Å². The van der Waals surface area contributed by atoms with Gasteiger partial charge in [0, 0.05) is 25.7 Å². The number of amides is 1. The summed E-state index contributed by atoms with van der Waals surface area (Å²) in [6, 6.07) is 0. The topological polar surface area (TPSA) is 84.2 Å². The number of aromatic nitrogens is 2. The van der Waals surface area contributed by atoms with Gasteiger partial charge in [-0.1, -0.05) is 0 Å². The Balaban J connectivity index is 1.69. The van der Waals surface area contributed by atoms with Crippen molar-refractivity contribution in [2.24, 2.45) is 18.9 Å². The number of nitrogens with zero attached hydrogens (tertiary/aromatic N) is 2. The Kier molecular flexibility index (Phi) is 4.76. The number of hydrogen-bond donors (Lipinski definition) is 2. The third kappa shape index (κ3) is 3.82. The highest BCUT2D eigenvalue weighted by Gasteiger charge is 2.29. The lowest BCUT2D eigenvalue weighted by Crippen LogP contribution is -2.35. The lowest BCUT2D eigenvalue weighted by molar-refractivity contribution is -0.144. The van der Waals surface area contributed by atoms with E-state index in [9.17, 15) is 9.59 Å². The minimum atomic E-state index is -0.736. The molecule has 110 valence electrons. The van der Waals surface area contributed by atoms with Crippen LogP contribution < -0.4 is 5.32 Å². The van der Waals surface area contributed by atoms with E-state index in [1.165, 1.54) is 0 Å². The number of rotatable bonds is 5. The zero-order valence-corrected chi connectivity index (χ0v) is 11.7. The molecule has 1 amide bonds. The van der Waals surface area contributed by atoms with Crippen LogP contribution in [0.3, 0.4) is 0 Å². The summed E-state index contributed by atoms with van der Waals surface area (Å²) in [5, 5.41) is 15.9. The molecule has 2 rings (SSSR count). The first-order valence-electron chi connectivity index (χ1n) is 7.04. The van der Waals surface area contributed by atoms with Gasteiger partial charge in [0.05, 0.1) is 12.1 Å². The van der Waals surface area contributed by atoms with Crippen LogP contribution in [0.2, 0.25) is 0 Å². The molecular formula is C14H21N3O3. The summed E-state index contributed by atoms with van der Waals surface area (Å²) in [5.41, 5.74) is 1.10. The molecule has 1 aliphatic carbocycles. The van der Waals surface area contributed by atoms with Gasteiger partial charge in [0.2, 0.25) is 5.91 Å². The van der Waals surface area contributed by atoms with Crippen molar-refractivity contribution in [1.29, 1.82) is 0 Å². The molecule has 0 saturated heterocycles. The van der Waals surface area contributed by atoms with Gasteiger partial charge >= 0.3 is 5.97 Å². The quantitative estimate of drug-likeness (QED) is 0.841. The van der Waals surface area contributed by atoms with Gasteiger partial charge in [-0.3, -0.25) is 14.3 Å². The molecule has 0 spiro atoms. The smallest absolute Gasteiger partial charge is 0.306 e. The summed E-state index contributed by atoms with van der Waals surface area (Å²) in [7, 11) is 1.86. The second-order valence-corrected chi connectivity index (χ2v) is 5.45. The fraction of sp³-hybridized carbons (Fsp3) is 0.643. The third-order valence-corrected chi connectivity index (χ3v) is 3.92. The van der Waals surface area contributed by atoms with E-state index in [1.54, 1.807) is 10.9 Å². The molecule has 1 fully saturated rings. The van der Waals surface area contributed by atoms with Gasteiger partial charge in [-0.15, -0.1) is 0 Å². The van der Waals surface area contributed by atoms with Gasteiger partial charge in [-0.2, -0.15) is 5.10 Å². The molecule has 0 aliphatic heterocycles. The first-order valence-corrected chi connectivity index (χ1v) is 7.04. The summed E-state index contributed by atoms with van der Waals surface area (Å²) in [5.74, 6) is -0.980. The molecule has 2 N–H and O–H groups in total. The Hall–Kier alpha value is -1.85. The number of nitrogens with one attached hydrogen (secondary N) is 1. The molecule has 6 nitrogen and oxygen atoms in total. The number of carbonyl (C=O) groups excluding carboxylic acids is 1. The van der Waals surface area contributed by atoms with Crippen LogP contribution in [0.15, 0.2) is 12.4 Å². The van der Waals surface area contributed by atoms with Gasteiger partial charge < -0.3 is 10.4 Å². The minimum Gasteiger partial charge on any atom is -0.481 e. The molecule has 1 aliphatic rings. The first kappa shape index (κ1) is 14.6. The second kappa shape index (κ2) is 6.54. The second-order valence-electron chi connectivity index (χ2n) is 5.45. The van der Waals surface area contributed by atoms with Crippen LogP contribution in [0.25, 0.3) is 0 Å². The standard InChI is InChI=1S/C14H21N3O3/c1-17-9-10(8-16-17)6-7-15-13(18)11-2-4-12(5-3-11)14(19)20/h8-9,11-12H,2-7H2,1H3,(H,15,18)(H,19,20). The Labute approximate surface area is 118 Å². The maximum absolute atomic E-state index is 12.0. The molecule has 20 heavy (non-hydrogen) atoms. The molecule has 0 aromatic carbocycles. The average molecular weight is 279 g/mol. The van der Waals surface area contributed by atoms with E-state index in [0.717, 1.165) is 12.0 Å². The fourth-order valence-corrected chi connectivity index (χ4v) is 2.68. The van der Waals surface area contributed by atoms with Crippen LogP contribution in [0, 0.1) is 11.8 Å². The van der Waals surface area contributed by atoms with Gasteiger partial charge in [0.15, 0.2) is 0 Å². The van der Waals surface area contributed by atoms with E-state index >= 15 is 0 Å². The number of hydrogen-bond acceptors (Lipinski definition) is 3. The van der Waals surface area contributed by atoms with Crippen LogP contribution in [-0.2, 0) is 23.1 Å². The van der Waals surface area contributed by atoms with E-state index in [4.69, 9.17) is 5.11 Å². The molecule has 1 heterocycles. The number of carboxylic acids is 1. The number of carboxylic acid groups (broad SMARTS) is 1. The summed E-state index contributed by atoms with van der Waals surface area (Å²) in [4.78, 5) is 22.8. The van der Waals surface area contributed by atoms with Crippen LogP contribution in [0.1, 0.15) is 31.2 Å². The molecule has 0 unspecified atom stereocenters. The third-order valence-electron chi connectivity index (χ3n) is 3.92. The Morgan fingerprint density at radius 3 is 2.55 bits per heavy atom. The molecule has 0 atom stereocenters. The van der Waals surface area contributed by atoms with E-state index in [0.29, 0.717) is 32.2 Å². The number of aliphatic carboxylic acids is 1. The predicted octanol–water partition coefficient (Wildman–Crippen LogP) is 0.970. The largest absolute Gasteiger partial charge is 0.481 e. The van der Waals surface area contributed by atoms with Crippen molar-refractivity contribution in [3.8, 4) is 0 Å². The summed E-state index contributed by atoms with van der Waals surface area (Å²) in [6.07, 6.45) is 7.07. The van der Waals surface area contributed by atoms with E-state index in [1.807, 2.05) is 13.2 Å². The highest BCUT2D eigenvalue weighted by Crippen LogP contribution is 2.28. The highest BCUT2D eigenvalue weighted by molar-refractivity contribution is 5.79. The average Bonchev–Trinajstić information content (AvgIpc) is 2.84. The lowest BCUT2D eigenvalue weighted by atomic mass is 9.81. The predicted molar refractivity (Wildman–Crippen MR) is 73.0 cm³/mol. The molecule has 1 aromatic heterocycles. The maximum Gasteiger partial charge on any atom is 0.306 e. The Bertz CT molecular complexity index is 476. The van der Waals surface area contributed by atoms with Crippen molar-refractivity contribution in [2.45, 2.75) is 32.1 Å². The van der Waals surface area contributed by atoms with E-state index < -0.39 is 5.97 Å². The van der Waals surface area contributed by atoms with Gasteiger partial charge in [0.25, 0.3) is 0 Å². The SMILES string of the molecule is Cn1cc(CCNC(=O)C2CCC(C(=O)O)CC2)cn1. The normalized spacial score (nSPS) is 22.4. The van der Waals surface area contributed by atoms with Crippen LogP contribution >= 0.6 is 0 Å². The first-order chi connectivity index (χ1) is 9.56. The zero-order chi connectivity index (χ0) is 14.5. The van der Waals surface area contributed by atoms with Crippen LogP contribution in [0.5, 0.6) is 0 Å². The van der Waals surface area contributed by atoms with Gasteiger partial charge in [-0.05, 0) is 37.7 Å². The number of carbonyl (C=O) groups is 2. The van der Waals surface area contributed by atoms with Crippen molar-refractivity contribution in [1.82, 2.24) is 15.1 Å². The minimum absolute atomic E-state index is 0.0282. The molecular weight excluding hydrogens is 258 g/mol. The summed E-state index contributed by atoms with van der Waals surface area (Å²) in [6.45, 7) is 0.601. The monoisotopic (exact) mass is 279 g/mol. The van der Waals surface area contributed by atoms with Crippen molar-refractivity contribution in [2.75, 3.05) is 6.54 Å². The van der Waals surface area contributed by atoms with Crippen LogP contribution in [0.4, 0.5) is 0 Å². The van der Waals surface area contributed by atoms with Crippen LogP contribution in [-0.4, -0.2) is 33.3 Å². The Morgan fingerprint density at radius 1 is 1.35 bits per heavy atom. The molecule has 1 aromatic rings. The van der Waals surface area contributed by atoms with E-state index in [2.05, 4.69) is 10.4 Å². The fourth-order valence-electron chi connectivity index (χ4n) is 2.68. The van der Waals surface area contributed by atoms with E-state index in [-0.39, 0.29) is 17.7 Å². The van der Waals surface area contributed by atoms with Crippen molar-refractivity contribution in [3.05, 3.63) is 18.0 Å². The molecule has 0 radical (unpaired) electrons. The maximum atomic E-state index is 12.0. The van der Waals surface area contributed by atoms with Gasteiger partial charge in [-0.25, -0.2) is 0 Å². The van der Waals surface area contributed by atoms with Crippen molar-refractivity contribution < 1.29 is 14.7 Å².